The van der Waals surface area contributed by atoms with Crippen molar-refractivity contribution in [3.8, 4) is 5.75 Å². The maximum Gasteiger partial charge on any atom is 0.269 e. The van der Waals surface area contributed by atoms with Gasteiger partial charge in [-0.2, -0.15) is 0 Å². The Balaban J connectivity index is 1.46. The summed E-state index contributed by atoms with van der Waals surface area (Å²) in [6.07, 6.45) is 0.530. The minimum atomic E-state index is -0.495. The first-order chi connectivity index (χ1) is 14.5. The summed E-state index contributed by atoms with van der Waals surface area (Å²) in [5, 5.41) is 13.4. The average Bonchev–Trinajstić information content (AvgIpc) is 2.78. The number of hydrogen-bond donors (Lipinski definition) is 1. The lowest BCUT2D eigenvalue weighted by molar-refractivity contribution is -0.384. The number of piperazine rings is 1. The van der Waals surface area contributed by atoms with E-state index in [4.69, 9.17) is 4.74 Å². The fraction of sp³-hybridized carbons (Fsp3) is 0.333. The SMILES string of the molecule is CCC(=O)N1CCN(c2ccc(NC(=O)COc3ccc([N+](=O)[O-])cc3)cc2)CC1. The molecular formula is C21H24N4O5. The van der Waals surface area contributed by atoms with Crippen LogP contribution in [0.25, 0.3) is 0 Å². The third-order valence-electron chi connectivity index (χ3n) is 4.87. The van der Waals surface area contributed by atoms with Crippen molar-refractivity contribution >= 4 is 28.9 Å². The highest BCUT2D eigenvalue weighted by Crippen LogP contribution is 2.20. The summed E-state index contributed by atoms with van der Waals surface area (Å²) < 4.78 is 5.36. The van der Waals surface area contributed by atoms with Gasteiger partial charge in [0.1, 0.15) is 5.75 Å². The quantitative estimate of drug-likeness (QED) is 0.554. The standard InChI is InChI=1S/C21H24N4O5/c1-2-21(27)24-13-11-23(12-14-24)17-5-3-16(4-6-17)22-20(26)15-30-19-9-7-18(8-10-19)25(28)29/h3-10H,2,11-15H2,1H3,(H,22,26). The Kier molecular flexibility index (Phi) is 6.84. The van der Waals surface area contributed by atoms with Crippen LogP contribution in [0.15, 0.2) is 48.5 Å². The molecule has 0 saturated carbocycles. The Bertz CT molecular complexity index is 891. The number of non-ortho nitro benzene ring substituents is 1. The summed E-state index contributed by atoms with van der Waals surface area (Å²) in [5.41, 5.74) is 1.65. The Labute approximate surface area is 174 Å². The number of carbonyl (C=O) groups is 2. The molecule has 30 heavy (non-hydrogen) atoms. The van der Waals surface area contributed by atoms with Crippen molar-refractivity contribution < 1.29 is 19.2 Å². The van der Waals surface area contributed by atoms with E-state index >= 15 is 0 Å². The lowest BCUT2D eigenvalue weighted by atomic mass is 10.2. The zero-order chi connectivity index (χ0) is 21.5. The molecule has 3 rings (SSSR count). The Morgan fingerprint density at radius 1 is 1.03 bits per heavy atom. The second kappa shape index (κ2) is 9.73. The van der Waals surface area contributed by atoms with Crippen molar-refractivity contribution in [2.75, 3.05) is 43.0 Å². The summed E-state index contributed by atoms with van der Waals surface area (Å²) in [6.45, 7) is 4.66. The van der Waals surface area contributed by atoms with E-state index in [9.17, 15) is 19.7 Å². The number of nitrogens with one attached hydrogen (secondary N) is 1. The summed E-state index contributed by atoms with van der Waals surface area (Å²) >= 11 is 0. The van der Waals surface area contributed by atoms with E-state index in [1.165, 1.54) is 24.3 Å². The molecule has 1 heterocycles. The first-order valence-electron chi connectivity index (χ1n) is 9.76. The summed E-state index contributed by atoms with van der Waals surface area (Å²) in [7, 11) is 0. The first-order valence-corrected chi connectivity index (χ1v) is 9.76. The number of nitro groups is 1. The van der Waals surface area contributed by atoms with Gasteiger partial charge in [-0.15, -0.1) is 0 Å². The number of anilines is 2. The van der Waals surface area contributed by atoms with E-state index in [0.717, 1.165) is 18.8 Å². The van der Waals surface area contributed by atoms with Gasteiger partial charge in [-0.3, -0.25) is 19.7 Å². The van der Waals surface area contributed by atoms with Crippen LogP contribution in [-0.4, -0.2) is 54.4 Å². The highest BCUT2D eigenvalue weighted by atomic mass is 16.6. The third kappa shape index (κ3) is 5.47. The maximum absolute atomic E-state index is 12.1. The summed E-state index contributed by atoms with van der Waals surface area (Å²) in [5.74, 6) is 0.239. The van der Waals surface area contributed by atoms with E-state index < -0.39 is 4.92 Å². The smallest absolute Gasteiger partial charge is 0.269 e. The second-order valence-electron chi connectivity index (χ2n) is 6.86. The molecule has 9 nitrogen and oxygen atoms in total. The summed E-state index contributed by atoms with van der Waals surface area (Å²) in [4.78, 5) is 38.1. The molecule has 1 N–H and O–H groups in total. The highest BCUT2D eigenvalue weighted by molar-refractivity contribution is 5.92. The number of rotatable bonds is 7. The molecule has 0 spiro atoms. The van der Waals surface area contributed by atoms with Crippen LogP contribution in [-0.2, 0) is 9.59 Å². The Hall–Kier alpha value is -3.62. The van der Waals surface area contributed by atoms with Crippen LogP contribution in [0, 0.1) is 10.1 Å². The average molecular weight is 412 g/mol. The molecule has 2 amide bonds. The van der Waals surface area contributed by atoms with Crippen molar-refractivity contribution in [2.45, 2.75) is 13.3 Å². The van der Waals surface area contributed by atoms with Crippen LogP contribution in [0.3, 0.4) is 0 Å². The van der Waals surface area contributed by atoms with Crippen LogP contribution >= 0.6 is 0 Å². The molecule has 0 aromatic heterocycles. The van der Waals surface area contributed by atoms with Gasteiger partial charge < -0.3 is 19.9 Å². The molecule has 1 saturated heterocycles. The molecular weight excluding hydrogens is 388 g/mol. The van der Waals surface area contributed by atoms with Crippen LogP contribution in [0.1, 0.15) is 13.3 Å². The molecule has 0 atom stereocenters. The first kappa shape index (κ1) is 21.1. The van der Waals surface area contributed by atoms with Gasteiger partial charge in [0.2, 0.25) is 5.91 Å². The highest BCUT2D eigenvalue weighted by Gasteiger charge is 2.20. The normalized spacial score (nSPS) is 13.6. The minimum absolute atomic E-state index is 0.0368. The lowest BCUT2D eigenvalue weighted by Crippen LogP contribution is -2.48. The molecule has 0 unspecified atom stereocenters. The van der Waals surface area contributed by atoms with Crippen LogP contribution in [0.5, 0.6) is 5.75 Å². The summed E-state index contributed by atoms with van der Waals surface area (Å²) in [6, 6.07) is 13.1. The monoisotopic (exact) mass is 412 g/mol. The van der Waals surface area contributed by atoms with Crippen molar-refractivity contribution in [1.82, 2.24) is 4.90 Å². The van der Waals surface area contributed by atoms with Crippen molar-refractivity contribution in [1.29, 1.82) is 0 Å². The van der Waals surface area contributed by atoms with Crippen LogP contribution < -0.4 is 15.0 Å². The van der Waals surface area contributed by atoms with Gasteiger partial charge in [-0.25, -0.2) is 0 Å². The van der Waals surface area contributed by atoms with E-state index in [-0.39, 0.29) is 24.1 Å². The molecule has 0 radical (unpaired) electrons. The predicted molar refractivity (Wildman–Crippen MR) is 113 cm³/mol. The Morgan fingerprint density at radius 3 is 2.23 bits per heavy atom. The van der Waals surface area contributed by atoms with Crippen molar-refractivity contribution in [2.24, 2.45) is 0 Å². The largest absolute Gasteiger partial charge is 0.484 e. The van der Waals surface area contributed by atoms with Gasteiger partial charge in [0.15, 0.2) is 6.61 Å². The van der Waals surface area contributed by atoms with E-state index in [2.05, 4.69) is 10.2 Å². The van der Waals surface area contributed by atoms with Gasteiger partial charge in [0, 0.05) is 56.1 Å². The number of ether oxygens (including phenoxy) is 1. The number of nitro benzene ring substituents is 1. The van der Waals surface area contributed by atoms with Crippen molar-refractivity contribution in [3.05, 3.63) is 58.6 Å². The van der Waals surface area contributed by atoms with E-state index in [1.54, 1.807) is 0 Å². The molecule has 9 heteroatoms. The topological polar surface area (TPSA) is 105 Å². The van der Waals surface area contributed by atoms with Gasteiger partial charge in [0.05, 0.1) is 4.92 Å². The number of nitrogens with zero attached hydrogens (tertiary/aromatic N) is 3. The molecule has 2 aromatic carbocycles. The fourth-order valence-electron chi connectivity index (χ4n) is 3.20. The molecule has 158 valence electrons. The van der Waals surface area contributed by atoms with E-state index in [0.29, 0.717) is 30.9 Å². The van der Waals surface area contributed by atoms with Gasteiger partial charge in [-0.1, -0.05) is 6.92 Å². The lowest BCUT2D eigenvalue weighted by Gasteiger charge is -2.36. The molecule has 1 aliphatic rings. The van der Waals surface area contributed by atoms with E-state index in [1.807, 2.05) is 36.1 Å². The van der Waals surface area contributed by atoms with Crippen LogP contribution in [0.4, 0.5) is 17.1 Å². The zero-order valence-electron chi connectivity index (χ0n) is 16.7. The fourth-order valence-corrected chi connectivity index (χ4v) is 3.20. The number of amides is 2. The van der Waals surface area contributed by atoms with Crippen molar-refractivity contribution in [3.63, 3.8) is 0 Å². The maximum atomic E-state index is 12.1. The minimum Gasteiger partial charge on any atom is -0.484 e. The molecule has 0 aliphatic carbocycles. The van der Waals surface area contributed by atoms with Gasteiger partial charge in [-0.05, 0) is 36.4 Å². The number of hydrogen-bond acceptors (Lipinski definition) is 6. The number of carbonyl (C=O) groups excluding carboxylic acids is 2. The third-order valence-corrected chi connectivity index (χ3v) is 4.87. The second-order valence-corrected chi connectivity index (χ2v) is 6.86. The molecule has 1 aliphatic heterocycles. The molecule has 0 bridgehead atoms. The van der Waals surface area contributed by atoms with Gasteiger partial charge in [0.25, 0.3) is 11.6 Å². The number of benzene rings is 2. The molecule has 2 aromatic rings. The molecule has 1 fully saturated rings. The Morgan fingerprint density at radius 2 is 1.67 bits per heavy atom. The zero-order valence-corrected chi connectivity index (χ0v) is 16.7. The van der Waals surface area contributed by atoms with Crippen LogP contribution in [0.2, 0.25) is 0 Å². The predicted octanol–water partition coefficient (Wildman–Crippen LogP) is 2.67. The van der Waals surface area contributed by atoms with Gasteiger partial charge >= 0.3 is 0 Å².